The molecular weight excluding hydrogens is 330 g/mol. The first kappa shape index (κ1) is 16.6. The molecule has 0 fully saturated rings. The van der Waals surface area contributed by atoms with E-state index in [1.165, 1.54) is 0 Å². The van der Waals surface area contributed by atoms with Crippen LogP contribution in [0, 0.1) is 13.8 Å². The third kappa shape index (κ3) is 4.87. The van der Waals surface area contributed by atoms with Crippen LogP contribution >= 0.6 is 15.9 Å². The van der Waals surface area contributed by atoms with E-state index in [1.54, 1.807) is 19.2 Å². The second-order valence-corrected chi connectivity index (χ2v) is 7.00. The first-order chi connectivity index (χ1) is 8.90. The van der Waals surface area contributed by atoms with E-state index in [2.05, 4.69) is 20.7 Å². The summed E-state index contributed by atoms with van der Waals surface area (Å²) in [7, 11) is -1.93. The van der Waals surface area contributed by atoms with Crippen LogP contribution in [0.2, 0.25) is 0 Å². The molecule has 108 valence electrons. The normalized spacial score (nSPS) is 13.5. The van der Waals surface area contributed by atoms with Crippen molar-refractivity contribution in [2.75, 3.05) is 19.0 Å². The number of rotatable bonds is 7. The molecule has 0 saturated heterocycles. The molecule has 4 nitrogen and oxygen atoms in total. The van der Waals surface area contributed by atoms with Gasteiger partial charge < -0.3 is 4.74 Å². The predicted molar refractivity (Wildman–Crippen MR) is 80.3 cm³/mol. The predicted octanol–water partition coefficient (Wildman–Crippen LogP) is 2.38. The van der Waals surface area contributed by atoms with Crippen molar-refractivity contribution in [1.82, 2.24) is 4.72 Å². The minimum atomic E-state index is -3.49. The van der Waals surface area contributed by atoms with E-state index in [4.69, 9.17) is 4.74 Å². The van der Waals surface area contributed by atoms with Crippen molar-refractivity contribution in [2.24, 2.45) is 0 Å². The Morgan fingerprint density at radius 2 is 2.00 bits per heavy atom. The van der Waals surface area contributed by atoms with Gasteiger partial charge in [-0.25, -0.2) is 13.1 Å². The van der Waals surface area contributed by atoms with Crippen LogP contribution in [0.3, 0.4) is 0 Å². The molecule has 0 aliphatic heterocycles. The second kappa shape index (κ2) is 7.38. The van der Waals surface area contributed by atoms with Gasteiger partial charge in [-0.15, -0.1) is 0 Å². The van der Waals surface area contributed by atoms with Crippen LogP contribution in [0.25, 0.3) is 0 Å². The van der Waals surface area contributed by atoms with Gasteiger partial charge in [0, 0.05) is 18.5 Å². The minimum Gasteiger partial charge on any atom is -0.383 e. The number of nitrogens with one attached hydrogen (secondary N) is 1. The smallest absolute Gasteiger partial charge is 0.240 e. The van der Waals surface area contributed by atoms with E-state index in [9.17, 15) is 8.42 Å². The molecular formula is C13H20BrNO3S. The molecule has 0 bridgehead atoms. The van der Waals surface area contributed by atoms with E-state index in [1.807, 2.05) is 19.9 Å². The molecule has 6 heteroatoms. The fourth-order valence-electron chi connectivity index (χ4n) is 1.68. The average molecular weight is 350 g/mol. The van der Waals surface area contributed by atoms with Crippen LogP contribution in [0.1, 0.15) is 17.5 Å². The number of hydrogen-bond donors (Lipinski definition) is 1. The van der Waals surface area contributed by atoms with Gasteiger partial charge in [0.05, 0.1) is 11.5 Å². The molecule has 19 heavy (non-hydrogen) atoms. The summed E-state index contributed by atoms with van der Waals surface area (Å²) in [5.74, 6) is 0. The average Bonchev–Trinajstić information content (AvgIpc) is 2.32. The summed E-state index contributed by atoms with van der Waals surface area (Å²) < 4.78 is 32.3. The quantitative estimate of drug-likeness (QED) is 0.769. The monoisotopic (exact) mass is 349 g/mol. The maximum absolute atomic E-state index is 12.3. The zero-order chi connectivity index (χ0) is 14.5. The molecule has 0 spiro atoms. The van der Waals surface area contributed by atoms with Gasteiger partial charge >= 0.3 is 0 Å². The molecule has 1 rings (SSSR count). The lowest BCUT2D eigenvalue weighted by molar-refractivity contribution is 0.173. The van der Waals surface area contributed by atoms with Gasteiger partial charge in [-0.05, 0) is 43.5 Å². The number of aryl methyl sites for hydroxylation is 2. The summed E-state index contributed by atoms with van der Waals surface area (Å²) in [6.45, 7) is 4.22. The van der Waals surface area contributed by atoms with Crippen molar-refractivity contribution in [3.8, 4) is 0 Å². The third-order valence-corrected chi connectivity index (χ3v) is 4.91. The number of alkyl halides is 1. The van der Waals surface area contributed by atoms with Crippen LogP contribution < -0.4 is 4.72 Å². The highest BCUT2D eigenvalue weighted by Crippen LogP contribution is 2.15. The number of benzene rings is 1. The molecule has 1 aromatic carbocycles. The van der Waals surface area contributed by atoms with Gasteiger partial charge in [-0.2, -0.15) is 0 Å². The van der Waals surface area contributed by atoms with Crippen molar-refractivity contribution < 1.29 is 13.2 Å². The molecule has 1 N–H and O–H groups in total. The number of sulfonamides is 1. The van der Waals surface area contributed by atoms with Gasteiger partial charge in [0.25, 0.3) is 0 Å². The molecule has 0 heterocycles. The number of ether oxygens (including phenoxy) is 1. The van der Waals surface area contributed by atoms with Crippen molar-refractivity contribution >= 4 is 26.0 Å². The van der Waals surface area contributed by atoms with Gasteiger partial charge in [0.15, 0.2) is 0 Å². The Balaban J connectivity index is 2.92. The van der Waals surface area contributed by atoms with E-state index >= 15 is 0 Å². The minimum absolute atomic E-state index is 0.226. The molecule has 0 saturated carbocycles. The highest BCUT2D eigenvalue weighted by atomic mass is 79.9. The Hall–Kier alpha value is -0.430. The highest BCUT2D eigenvalue weighted by Gasteiger charge is 2.20. The van der Waals surface area contributed by atoms with Gasteiger partial charge in [0.1, 0.15) is 0 Å². The summed E-state index contributed by atoms with van der Waals surface area (Å²) in [6.07, 6.45) is 0.678. The maximum Gasteiger partial charge on any atom is 0.240 e. The van der Waals surface area contributed by atoms with E-state index in [-0.39, 0.29) is 6.04 Å². The van der Waals surface area contributed by atoms with Crippen molar-refractivity contribution in [2.45, 2.75) is 31.2 Å². The molecule has 0 aliphatic carbocycles. The van der Waals surface area contributed by atoms with Crippen LogP contribution in [-0.2, 0) is 14.8 Å². The van der Waals surface area contributed by atoms with Gasteiger partial charge in [-0.3, -0.25) is 0 Å². The number of hydrogen-bond acceptors (Lipinski definition) is 3. The zero-order valence-corrected chi connectivity index (χ0v) is 13.8. The fourth-order valence-corrected chi connectivity index (χ4v) is 3.57. The van der Waals surface area contributed by atoms with Crippen LogP contribution in [0.4, 0.5) is 0 Å². The molecule has 1 aromatic rings. The lowest BCUT2D eigenvalue weighted by atomic mass is 10.1. The Kier molecular flexibility index (Phi) is 6.46. The molecule has 0 aliphatic rings. The van der Waals surface area contributed by atoms with Crippen LogP contribution in [0.15, 0.2) is 23.1 Å². The first-order valence-corrected chi connectivity index (χ1v) is 8.65. The van der Waals surface area contributed by atoms with Crippen LogP contribution in [0.5, 0.6) is 0 Å². The maximum atomic E-state index is 12.3. The lowest BCUT2D eigenvalue weighted by Gasteiger charge is -2.17. The number of methoxy groups -OCH3 is 1. The summed E-state index contributed by atoms with van der Waals surface area (Å²) >= 11 is 3.31. The topological polar surface area (TPSA) is 55.4 Å². The van der Waals surface area contributed by atoms with Crippen molar-refractivity contribution in [3.63, 3.8) is 0 Å². The van der Waals surface area contributed by atoms with Crippen LogP contribution in [-0.4, -0.2) is 33.5 Å². The summed E-state index contributed by atoms with van der Waals surface area (Å²) in [5.41, 5.74) is 2.04. The largest absolute Gasteiger partial charge is 0.383 e. The SMILES string of the molecule is COCC(CCBr)NS(=O)(=O)c1ccc(C)c(C)c1. The van der Waals surface area contributed by atoms with E-state index < -0.39 is 10.0 Å². The Bertz CT molecular complexity index is 511. The van der Waals surface area contributed by atoms with Gasteiger partial charge in [0.2, 0.25) is 10.0 Å². The summed E-state index contributed by atoms with van der Waals surface area (Å²) in [5, 5.41) is 0.719. The number of halogens is 1. The lowest BCUT2D eigenvalue weighted by Crippen LogP contribution is -2.38. The zero-order valence-electron chi connectivity index (χ0n) is 11.4. The fraction of sp³-hybridized carbons (Fsp3) is 0.538. The molecule has 1 atom stereocenters. The third-order valence-electron chi connectivity index (χ3n) is 2.94. The molecule has 0 radical (unpaired) electrons. The second-order valence-electron chi connectivity index (χ2n) is 4.50. The molecule has 1 unspecified atom stereocenters. The highest BCUT2D eigenvalue weighted by molar-refractivity contribution is 9.09. The Labute approximate surface area is 123 Å². The van der Waals surface area contributed by atoms with Gasteiger partial charge in [-0.1, -0.05) is 22.0 Å². The first-order valence-electron chi connectivity index (χ1n) is 6.05. The molecule has 0 amide bonds. The standard InChI is InChI=1S/C13H20BrNO3S/c1-10-4-5-13(8-11(10)2)19(16,17)15-12(6-7-14)9-18-3/h4-5,8,12,15H,6-7,9H2,1-3H3. The van der Waals surface area contributed by atoms with E-state index in [0.29, 0.717) is 17.9 Å². The Morgan fingerprint density at radius 1 is 1.32 bits per heavy atom. The Morgan fingerprint density at radius 3 is 2.53 bits per heavy atom. The summed E-state index contributed by atoms with van der Waals surface area (Å²) in [6, 6.07) is 4.91. The van der Waals surface area contributed by atoms with E-state index in [0.717, 1.165) is 16.5 Å². The summed E-state index contributed by atoms with van der Waals surface area (Å²) in [4.78, 5) is 0.297. The molecule has 0 aromatic heterocycles. The van der Waals surface area contributed by atoms with Crippen molar-refractivity contribution in [3.05, 3.63) is 29.3 Å². The van der Waals surface area contributed by atoms with Crippen molar-refractivity contribution in [1.29, 1.82) is 0 Å².